The summed E-state index contributed by atoms with van der Waals surface area (Å²) in [4.78, 5) is 42.3. The SMILES string of the molecule is COc1ccccc1C1C(C(=O)C(C)(C)C)C(=O)C(=O)N1c1ccc(-c2cccs2)cc1. The Bertz CT molecular complexity index is 1160. The molecule has 0 N–H and O–H groups in total. The standard InChI is InChI=1S/C26H25NO4S/c1-26(2,3)24(29)21-22(18-8-5-6-9-19(18)31-4)27(25(30)23(21)28)17-13-11-16(12-14-17)20-10-7-15-32-20/h5-15,21-22H,1-4H3. The van der Waals surface area contributed by atoms with Crippen LogP contribution in [0.3, 0.4) is 0 Å². The number of ketones is 2. The summed E-state index contributed by atoms with van der Waals surface area (Å²) in [5.41, 5.74) is 1.46. The van der Waals surface area contributed by atoms with E-state index in [0.29, 0.717) is 17.0 Å². The van der Waals surface area contributed by atoms with Gasteiger partial charge in [0.2, 0.25) is 5.78 Å². The molecule has 1 fully saturated rings. The second kappa shape index (κ2) is 8.36. The predicted molar refractivity (Wildman–Crippen MR) is 126 cm³/mol. The van der Waals surface area contributed by atoms with E-state index in [1.165, 1.54) is 12.0 Å². The number of anilines is 1. The third-order valence-corrected chi connectivity index (χ3v) is 6.66. The Balaban J connectivity index is 1.85. The Labute approximate surface area is 191 Å². The van der Waals surface area contributed by atoms with Crippen molar-refractivity contribution in [1.29, 1.82) is 0 Å². The first-order valence-electron chi connectivity index (χ1n) is 10.4. The highest BCUT2D eigenvalue weighted by molar-refractivity contribution is 7.13. The fourth-order valence-corrected chi connectivity index (χ4v) is 4.87. The number of thiophene rings is 1. The van der Waals surface area contributed by atoms with Gasteiger partial charge in [-0.05, 0) is 35.2 Å². The predicted octanol–water partition coefficient (Wildman–Crippen LogP) is 5.31. The van der Waals surface area contributed by atoms with E-state index < -0.39 is 29.1 Å². The van der Waals surface area contributed by atoms with E-state index in [4.69, 9.17) is 4.74 Å². The number of Topliss-reactive ketones (excluding diaryl/α,β-unsaturated/α-hetero) is 2. The number of hydrogen-bond acceptors (Lipinski definition) is 5. The summed E-state index contributed by atoms with van der Waals surface area (Å²) < 4.78 is 5.54. The van der Waals surface area contributed by atoms with Crippen molar-refractivity contribution in [2.24, 2.45) is 11.3 Å². The zero-order valence-electron chi connectivity index (χ0n) is 18.5. The molecule has 3 aromatic rings. The highest BCUT2D eigenvalue weighted by Crippen LogP contribution is 2.45. The summed E-state index contributed by atoms with van der Waals surface area (Å²) in [6.07, 6.45) is 0. The average molecular weight is 448 g/mol. The molecule has 1 aliphatic heterocycles. The van der Waals surface area contributed by atoms with Crippen LogP contribution in [0, 0.1) is 11.3 Å². The summed E-state index contributed by atoms with van der Waals surface area (Å²) in [7, 11) is 1.54. The molecule has 32 heavy (non-hydrogen) atoms. The number of ether oxygens (including phenoxy) is 1. The van der Waals surface area contributed by atoms with Crippen molar-refractivity contribution >= 4 is 34.5 Å². The lowest BCUT2D eigenvalue weighted by molar-refractivity contribution is -0.141. The fourth-order valence-electron chi connectivity index (χ4n) is 4.14. The van der Waals surface area contributed by atoms with Crippen LogP contribution in [0.5, 0.6) is 5.75 Å². The van der Waals surface area contributed by atoms with E-state index in [1.807, 2.05) is 60.0 Å². The van der Waals surface area contributed by atoms with Crippen molar-refractivity contribution in [3.05, 3.63) is 71.6 Å². The number of para-hydroxylation sites is 1. The summed E-state index contributed by atoms with van der Waals surface area (Å²) in [5, 5.41) is 2.01. The molecule has 164 valence electrons. The molecule has 1 saturated heterocycles. The van der Waals surface area contributed by atoms with E-state index in [-0.39, 0.29) is 5.78 Å². The van der Waals surface area contributed by atoms with Gasteiger partial charge < -0.3 is 4.74 Å². The van der Waals surface area contributed by atoms with Crippen molar-refractivity contribution in [2.45, 2.75) is 26.8 Å². The Morgan fingerprint density at radius 1 is 0.969 bits per heavy atom. The van der Waals surface area contributed by atoms with Crippen LogP contribution in [0.2, 0.25) is 0 Å². The van der Waals surface area contributed by atoms with Gasteiger partial charge >= 0.3 is 0 Å². The Morgan fingerprint density at radius 2 is 1.66 bits per heavy atom. The van der Waals surface area contributed by atoms with Crippen LogP contribution in [-0.2, 0) is 14.4 Å². The number of methoxy groups -OCH3 is 1. The van der Waals surface area contributed by atoms with Crippen LogP contribution >= 0.6 is 11.3 Å². The van der Waals surface area contributed by atoms with Crippen LogP contribution in [0.25, 0.3) is 10.4 Å². The molecular weight excluding hydrogens is 422 g/mol. The quantitative estimate of drug-likeness (QED) is 0.393. The lowest BCUT2D eigenvalue weighted by Crippen LogP contribution is -2.36. The zero-order chi connectivity index (χ0) is 23.0. The molecule has 0 aliphatic carbocycles. The number of carbonyl (C=O) groups excluding carboxylic acids is 3. The largest absolute Gasteiger partial charge is 0.496 e. The van der Waals surface area contributed by atoms with Crippen LogP contribution in [0.1, 0.15) is 32.4 Å². The number of nitrogens with zero attached hydrogens (tertiary/aromatic N) is 1. The minimum Gasteiger partial charge on any atom is -0.496 e. The second-order valence-corrected chi connectivity index (χ2v) is 9.79. The van der Waals surface area contributed by atoms with E-state index in [1.54, 1.807) is 38.2 Å². The number of carbonyl (C=O) groups is 3. The number of rotatable bonds is 5. The van der Waals surface area contributed by atoms with Gasteiger partial charge in [-0.3, -0.25) is 19.3 Å². The van der Waals surface area contributed by atoms with Crippen molar-refractivity contribution in [3.63, 3.8) is 0 Å². The van der Waals surface area contributed by atoms with Crippen molar-refractivity contribution in [1.82, 2.24) is 0 Å². The lowest BCUT2D eigenvalue weighted by atomic mass is 9.77. The molecule has 0 radical (unpaired) electrons. The topological polar surface area (TPSA) is 63.7 Å². The highest BCUT2D eigenvalue weighted by atomic mass is 32.1. The monoisotopic (exact) mass is 447 g/mol. The van der Waals surface area contributed by atoms with Crippen LogP contribution < -0.4 is 9.64 Å². The van der Waals surface area contributed by atoms with Gasteiger partial charge in [0, 0.05) is 21.5 Å². The van der Waals surface area contributed by atoms with E-state index in [0.717, 1.165) is 10.4 Å². The van der Waals surface area contributed by atoms with Crippen molar-refractivity contribution in [2.75, 3.05) is 12.0 Å². The summed E-state index contributed by atoms with van der Waals surface area (Å²) in [5.74, 6) is -2.18. The first-order valence-corrected chi connectivity index (χ1v) is 11.3. The molecule has 2 unspecified atom stereocenters. The van der Waals surface area contributed by atoms with E-state index in [9.17, 15) is 14.4 Å². The Hall–Kier alpha value is -3.25. The molecule has 2 heterocycles. The molecule has 1 amide bonds. The molecule has 0 bridgehead atoms. The summed E-state index contributed by atoms with van der Waals surface area (Å²) in [6, 6.07) is 18.0. The number of amides is 1. The molecule has 1 aliphatic rings. The molecule has 5 nitrogen and oxygen atoms in total. The molecule has 0 spiro atoms. The summed E-state index contributed by atoms with van der Waals surface area (Å²) >= 11 is 1.63. The maximum absolute atomic E-state index is 13.4. The summed E-state index contributed by atoms with van der Waals surface area (Å²) in [6.45, 7) is 5.31. The minimum atomic E-state index is -1.10. The third kappa shape index (κ3) is 3.75. The van der Waals surface area contributed by atoms with Crippen LogP contribution in [0.4, 0.5) is 5.69 Å². The van der Waals surface area contributed by atoms with Gasteiger partial charge in [-0.15, -0.1) is 11.3 Å². The van der Waals surface area contributed by atoms with Gasteiger partial charge in [0.1, 0.15) is 11.7 Å². The van der Waals surface area contributed by atoms with E-state index >= 15 is 0 Å². The molecule has 0 saturated carbocycles. The maximum Gasteiger partial charge on any atom is 0.295 e. The minimum absolute atomic E-state index is 0.260. The Kier molecular flexibility index (Phi) is 5.73. The molecule has 2 atom stereocenters. The molecule has 2 aromatic carbocycles. The maximum atomic E-state index is 13.4. The molecule has 6 heteroatoms. The van der Waals surface area contributed by atoms with Gasteiger partial charge in [-0.25, -0.2) is 0 Å². The van der Waals surface area contributed by atoms with E-state index in [2.05, 4.69) is 0 Å². The normalized spacial score (nSPS) is 18.8. The third-order valence-electron chi connectivity index (χ3n) is 5.74. The smallest absolute Gasteiger partial charge is 0.295 e. The fraction of sp³-hybridized carbons (Fsp3) is 0.269. The molecule has 4 rings (SSSR count). The first kappa shape index (κ1) is 22.0. The number of hydrogen-bond donors (Lipinski definition) is 0. The number of benzene rings is 2. The van der Waals surface area contributed by atoms with Crippen LogP contribution in [-0.4, -0.2) is 24.6 Å². The highest BCUT2D eigenvalue weighted by Gasteiger charge is 2.54. The first-order chi connectivity index (χ1) is 15.2. The van der Waals surface area contributed by atoms with Crippen molar-refractivity contribution in [3.8, 4) is 16.2 Å². The van der Waals surface area contributed by atoms with Crippen molar-refractivity contribution < 1.29 is 19.1 Å². The van der Waals surface area contributed by atoms with Gasteiger partial charge in [0.25, 0.3) is 5.91 Å². The average Bonchev–Trinajstić information content (AvgIpc) is 3.40. The zero-order valence-corrected chi connectivity index (χ0v) is 19.3. The van der Waals surface area contributed by atoms with Gasteiger partial charge in [-0.1, -0.05) is 57.2 Å². The lowest BCUT2D eigenvalue weighted by Gasteiger charge is -2.30. The van der Waals surface area contributed by atoms with Gasteiger partial charge in [0.15, 0.2) is 5.78 Å². The Morgan fingerprint density at radius 3 is 2.25 bits per heavy atom. The van der Waals surface area contributed by atoms with Crippen LogP contribution in [0.15, 0.2) is 66.0 Å². The molecular formula is C26H25NO4S. The second-order valence-electron chi connectivity index (χ2n) is 8.84. The molecule has 1 aromatic heterocycles. The van der Waals surface area contributed by atoms with Gasteiger partial charge in [-0.2, -0.15) is 0 Å². The van der Waals surface area contributed by atoms with Gasteiger partial charge in [0.05, 0.1) is 13.2 Å².